The van der Waals surface area contributed by atoms with Crippen molar-refractivity contribution in [3.63, 3.8) is 0 Å². The summed E-state index contributed by atoms with van der Waals surface area (Å²) in [5, 5.41) is 0.446. The van der Waals surface area contributed by atoms with Crippen molar-refractivity contribution in [2.75, 3.05) is 18.8 Å². The molecule has 0 aliphatic carbocycles. The number of hydrogen-bond acceptors (Lipinski definition) is 2. The van der Waals surface area contributed by atoms with Gasteiger partial charge in [0.1, 0.15) is 0 Å². The number of para-hydroxylation sites is 1. The lowest BCUT2D eigenvalue weighted by Gasteiger charge is -2.39. The largest absolute Gasteiger partial charge is 0.397 e. The number of piperidine rings is 1. The zero-order valence-corrected chi connectivity index (χ0v) is 12.3. The minimum absolute atomic E-state index is 0.00171. The number of benzene rings is 1. The first-order valence-corrected chi connectivity index (χ1v) is 7.18. The Bertz CT molecular complexity index is 479. The van der Waals surface area contributed by atoms with Crippen LogP contribution < -0.4 is 5.73 Å². The number of nitrogens with zero attached hydrogens (tertiary/aromatic N) is 1. The molecule has 1 aliphatic heterocycles. The molecule has 3 nitrogen and oxygen atoms in total. The van der Waals surface area contributed by atoms with Gasteiger partial charge in [0.05, 0.1) is 16.3 Å². The Morgan fingerprint density at radius 1 is 1.42 bits per heavy atom. The standard InChI is InChI=1S/C15H21ClN2O/c1-3-15(2)7-9-18(10-8-15)14(19)11-5-4-6-12(16)13(11)17/h4-6H,3,7-10,17H2,1-2H3. The summed E-state index contributed by atoms with van der Waals surface area (Å²) in [7, 11) is 0. The van der Waals surface area contributed by atoms with Gasteiger partial charge in [0.2, 0.25) is 0 Å². The van der Waals surface area contributed by atoms with Crippen LogP contribution in [0.2, 0.25) is 5.02 Å². The second-order valence-electron chi connectivity index (χ2n) is 5.66. The van der Waals surface area contributed by atoms with Gasteiger partial charge in [0, 0.05) is 13.1 Å². The molecule has 0 saturated carbocycles. The third-order valence-corrected chi connectivity index (χ3v) is 4.72. The van der Waals surface area contributed by atoms with E-state index in [1.54, 1.807) is 18.2 Å². The SMILES string of the molecule is CCC1(C)CCN(C(=O)c2cccc(Cl)c2N)CC1. The number of hydrogen-bond donors (Lipinski definition) is 1. The summed E-state index contributed by atoms with van der Waals surface area (Å²) in [6.07, 6.45) is 3.26. The van der Waals surface area contributed by atoms with Gasteiger partial charge >= 0.3 is 0 Å². The summed E-state index contributed by atoms with van der Waals surface area (Å²) in [5.41, 5.74) is 7.17. The van der Waals surface area contributed by atoms with Gasteiger partial charge in [-0.2, -0.15) is 0 Å². The molecule has 1 saturated heterocycles. The van der Waals surface area contributed by atoms with E-state index in [0.717, 1.165) is 32.4 Å². The number of likely N-dealkylation sites (tertiary alicyclic amines) is 1. The lowest BCUT2D eigenvalue weighted by atomic mass is 9.78. The Morgan fingerprint density at radius 3 is 2.63 bits per heavy atom. The molecule has 0 aromatic heterocycles. The summed E-state index contributed by atoms with van der Waals surface area (Å²) in [6, 6.07) is 5.22. The Labute approximate surface area is 119 Å². The van der Waals surface area contributed by atoms with Crippen LogP contribution in [0.25, 0.3) is 0 Å². The molecule has 19 heavy (non-hydrogen) atoms. The van der Waals surface area contributed by atoms with E-state index in [9.17, 15) is 4.79 Å². The van der Waals surface area contributed by atoms with Crippen LogP contribution in [0.1, 0.15) is 43.5 Å². The fourth-order valence-electron chi connectivity index (χ4n) is 2.50. The molecule has 104 valence electrons. The van der Waals surface area contributed by atoms with Gasteiger partial charge in [-0.15, -0.1) is 0 Å². The summed E-state index contributed by atoms with van der Waals surface area (Å²) in [6.45, 7) is 6.11. The predicted octanol–water partition coefficient (Wildman–Crippen LogP) is 3.57. The molecular formula is C15H21ClN2O. The number of carbonyl (C=O) groups is 1. The maximum atomic E-state index is 12.5. The first kappa shape index (κ1) is 14.2. The number of rotatable bonds is 2. The molecule has 1 heterocycles. The van der Waals surface area contributed by atoms with Crippen LogP contribution in [-0.2, 0) is 0 Å². The van der Waals surface area contributed by atoms with Gasteiger partial charge in [-0.1, -0.05) is 37.9 Å². The minimum Gasteiger partial charge on any atom is -0.397 e. The van der Waals surface area contributed by atoms with Gasteiger partial charge in [-0.25, -0.2) is 0 Å². The topological polar surface area (TPSA) is 46.3 Å². The molecule has 1 aromatic rings. The first-order valence-electron chi connectivity index (χ1n) is 6.80. The number of anilines is 1. The maximum Gasteiger partial charge on any atom is 0.255 e. The fraction of sp³-hybridized carbons (Fsp3) is 0.533. The van der Waals surface area contributed by atoms with Crippen LogP contribution >= 0.6 is 11.6 Å². The number of nitrogen functional groups attached to an aromatic ring is 1. The zero-order chi connectivity index (χ0) is 14.0. The normalized spacial score (nSPS) is 18.4. The lowest BCUT2D eigenvalue weighted by Crippen LogP contribution is -2.42. The van der Waals surface area contributed by atoms with E-state index in [4.69, 9.17) is 17.3 Å². The van der Waals surface area contributed by atoms with E-state index in [1.807, 2.05) is 4.90 Å². The summed E-state index contributed by atoms with van der Waals surface area (Å²) in [5.74, 6) is -0.00171. The van der Waals surface area contributed by atoms with E-state index in [0.29, 0.717) is 21.7 Å². The van der Waals surface area contributed by atoms with Crippen molar-refractivity contribution in [3.05, 3.63) is 28.8 Å². The van der Waals surface area contributed by atoms with Crippen LogP contribution in [0.15, 0.2) is 18.2 Å². The third kappa shape index (κ3) is 2.86. The number of nitrogens with two attached hydrogens (primary N) is 1. The van der Waals surface area contributed by atoms with Crippen LogP contribution in [0, 0.1) is 5.41 Å². The molecule has 0 unspecified atom stereocenters. The van der Waals surface area contributed by atoms with Crippen molar-refractivity contribution in [1.82, 2.24) is 4.90 Å². The third-order valence-electron chi connectivity index (χ3n) is 4.39. The van der Waals surface area contributed by atoms with Gasteiger partial charge in [-0.3, -0.25) is 4.79 Å². The van der Waals surface area contributed by atoms with Gasteiger partial charge in [-0.05, 0) is 30.4 Å². The second kappa shape index (κ2) is 5.41. The van der Waals surface area contributed by atoms with Crippen LogP contribution in [-0.4, -0.2) is 23.9 Å². The molecule has 0 spiro atoms. The highest BCUT2D eigenvalue weighted by Gasteiger charge is 2.31. The fourth-order valence-corrected chi connectivity index (χ4v) is 2.67. The average Bonchev–Trinajstić information content (AvgIpc) is 2.42. The zero-order valence-electron chi connectivity index (χ0n) is 11.6. The number of halogens is 1. The van der Waals surface area contributed by atoms with Crippen molar-refractivity contribution < 1.29 is 4.79 Å². The monoisotopic (exact) mass is 280 g/mol. The van der Waals surface area contributed by atoms with Crippen LogP contribution in [0.4, 0.5) is 5.69 Å². The van der Waals surface area contributed by atoms with Gasteiger partial charge < -0.3 is 10.6 Å². The summed E-state index contributed by atoms with van der Waals surface area (Å²) >= 11 is 5.97. The Balaban J connectivity index is 2.12. The highest BCUT2D eigenvalue weighted by Crippen LogP contribution is 2.35. The smallest absolute Gasteiger partial charge is 0.255 e. The average molecular weight is 281 g/mol. The van der Waals surface area contributed by atoms with Gasteiger partial charge in [0.25, 0.3) is 5.91 Å². The van der Waals surface area contributed by atoms with Crippen molar-refractivity contribution in [2.45, 2.75) is 33.1 Å². The van der Waals surface area contributed by atoms with Crippen molar-refractivity contribution in [2.24, 2.45) is 5.41 Å². The highest BCUT2D eigenvalue weighted by atomic mass is 35.5. The van der Waals surface area contributed by atoms with E-state index < -0.39 is 0 Å². The molecule has 2 rings (SSSR count). The summed E-state index contributed by atoms with van der Waals surface area (Å²) in [4.78, 5) is 14.3. The Kier molecular flexibility index (Phi) is 4.04. The first-order chi connectivity index (χ1) is 8.97. The Morgan fingerprint density at radius 2 is 2.05 bits per heavy atom. The van der Waals surface area contributed by atoms with Crippen LogP contribution in [0.3, 0.4) is 0 Å². The lowest BCUT2D eigenvalue weighted by molar-refractivity contribution is 0.0601. The van der Waals surface area contributed by atoms with E-state index in [2.05, 4.69) is 13.8 Å². The van der Waals surface area contributed by atoms with E-state index >= 15 is 0 Å². The van der Waals surface area contributed by atoms with Crippen molar-refractivity contribution in [1.29, 1.82) is 0 Å². The van der Waals surface area contributed by atoms with Gasteiger partial charge in [0.15, 0.2) is 0 Å². The quantitative estimate of drug-likeness (QED) is 0.842. The predicted molar refractivity (Wildman–Crippen MR) is 79.4 cm³/mol. The van der Waals surface area contributed by atoms with E-state index in [-0.39, 0.29) is 5.91 Å². The molecule has 1 aliphatic rings. The molecule has 0 radical (unpaired) electrons. The second-order valence-corrected chi connectivity index (χ2v) is 6.06. The highest BCUT2D eigenvalue weighted by molar-refractivity contribution is 6.33. The molecule has 1 amide bonds. The van der Waals surface area contributed by atoms with Crippen molar-refractivity contribution in [3.8, 4) is 0 Å². The van der Waals surface area contributed by atoms with E-state index in [1.165, 1.54) is 0 Å². The van der Waals surface area contributed by atoms with Crippen molar-refractivity contribution >= 4 is 23.2 Å². The molecule has 1 aromatic carbocycles. The molecule has 0 atom stereocenters. The maximum absolute atomic E-state index is 12.5. The Hall–Kier alpha value is -1.22. The molecular weight excluding hydrogens is 260 g/mol. The molecule has 0 bridgehead atoms. The summed E-state index contributed by atoms with van der Waals surface area (Å²) < 4.78 is 0. The molecule has 4 heteroatoms. The minimum atomic E-state index is -0.00171. The molecule has 1 fully saturated rings. The number of amides is 1. The molecule has 2 N–H and O–H groups in total. The number of carbonyl (C=O) groups excluding carboxylic acids is 1. The van der Waals surface area contributed by atoms with Crippen LogP contribution in [0.5, 0.6) is 0 Å².